The second kappa shape index (κ2) is 44.1. The third-order valence-corrected chi connectivity index (χ3v) is 0.498. The maximum atomic E-state index is 8.93. The van der Waals surface area contributed by atoms with Gasteiger partial charge in [-0.2, -0.15) is 0 Å². The predicted octanol–water partition coefficient (Wildman–Crippen LogP) is -4.12. The Labute approximate surface area is 159 Å². The van der Waals surface area contributed by atoms with E-state index < -0.39 is 0 Å². The predicted molar refractivity (Wildman–Crippen MR) is 69.1 cm³/mol. The minimum absolute atomic E-state index is 0. The summed E-state index contributed by atoms with van der Waals surface area (Å²) in [4.78, 5) is 0. The summed E-state index contributed by atoms with van der Waals surface area (Å²) in [5, 5.41) is 8.93. The van der Waals surface area contributed by atoms with Crippen LogP contribution in [0.1, 0.15) is 21.3 Å². The molecule has 0 rings (SSSR count). The Morgan fingerprint density at radius 2 is 1.53 bits per heavy atom. The molecule has 0 unspecified atom stereocenters. The quantitative estimate of drug-likeness (QED) is 0.278. The molecule has 0 aliphatic heterocycles. The van der Waals surface area contributed by atoms with Crippen LogP contribution in [0.3, 0.4) is 0 Å². The van der Waals surface area contributed by atoms with Crippen molar-refractivity contribution in [3.05, 3.63) is 0 Å². The molecule has 15 heavy (non-hydrogen) atoms. The number of ether oxygens (including phenoxy) is 1. The maximum absolute atomic E-state index is 8.93. The number of hydrogen-bond acceptors (Lipinski definition) is 6. The SMILES string of the molecule is C.CCOC(=S)[S-].CC[O-].S=C=S.[Na+].[Na+]. The van der Waals surface area contributed by atoms with E-state index in [1.807, 2.05) is 11.2 Å². The van der Waals surface area contributed by atoms with Crippen LogP contribution in [0.25, 0.3) is 0 Å². The van der Waals surface area contributed by atoms with Crippen LogP contribution in [0.4, 0.5) is 0 Å². The van der Waals surface area contributed by atoms with E-state index in [1.54, 1.807) is 6.92 Å². The van der Waals surface area contributed by atoms with Gasteiger partial charge in [0.15, 0.2) is 0 Å². The molecular weight excluding hydrogens is 290 g/mol. The van der Waals surface area contributed by atoms with Crippen LogP contribution < -0.4 is 64.2 Å². The van der Waals surface area contributed by atoms with Gasteiger partial charge in [0.25, 0.3) is 0 Å². The van der Waals surface area contributed by atoms with Crippen LogP contribution >= 0.6 is 36.7 Å². The van der Waals surface area contributed by atoms with Crippen molar-refractivity contribution < 1.29 is 69.0 Å². The van der Waals surface area contributed by atoms with Gasteiger partial charge in [0.2, 0.25) is 0 Å². The summed E-state index contributed by atoms with van der Waals surface area (Å²) in [6.07, 6.45) is 0. The summed E-state index contributed by atoms with van der Waals surface area (Å²) < 4.78 is 6.71. The van der Waals surface area contributed by atoms with Crippen LogP contribution in [-0.4, -0.2) is 21.9 Å². The van der Waals surface area contributed by atoms with Crippen molar-refractivity contribution in [3.8, 4) is 0 Å². The molecule has 0 fully saturated rings. The minimum atomic E-state index is 0. The largest absolute Gasteiger partial charge is 1.00 e. The van der Waals surface area contributed by atoms with Gasteiger partial charge in [0, 0.05) is 8.70 Å². The molecule has 0 heterocycles. The molecule has 0 saturated heterocycles. The molecule has 0 bridgehead atoms. The van der Waals surface area contributed by atoms with Gasteiger partial charge >= 0.3 is 59.1 Å². The Morgan fingerprint density at radius 3 is 1.53 bits per heavy atom. The van der Waals surface area contributed by atoms with Crippen LogP contribution in [0.5, 0.6) is 0 Å². The summed E-state index contributed by atoms with van der Waals surface area (Å²) in [7, 11) is 0. The molecule has 0 N–H and O–H groups in total. The van der Waals surface area contributed by atoms with Crippen LogP contribution in [0.2, 0.25) is 0 Å². The molecule has 80 valence electrons. The first-order valence-corrected chi connectivity index (χ1v) is 4.65. The van der Waals surface area contributed by atoms with Gasteiger partial charge in [-0.15, -0.1) is 6.61 Å². The Kier molecular flexibility index (Phi) is 106. The van der Waals surface area contributed by atoms with Crippen LogP contribution in [0.15, 0.2) is 0 Å². The van der Waals surface area contributed by atoms with E-state index in [1.165, 1.54) is 0 Å². The molecule has 0 spiro atoms. The summed E-state index contributed by atoms with van der Waals surface area (Å²) in [6, 6.07) is 0. The Hall–Kier alpha value is 2.29. The van der Waals surface area contributed by atoms with Gasteiger partial charge in [-0.3, -0.25) is 0 Å². The molecule has 0 radical (unpaired) electrons. The molecule has 2 nitrogen and oxygen atoms in total. The number of thiocarbonyl (C=S) groups is 3. The molecule has 8 heteroatoms. The van der Waals surface area contributed by atoms with Gasteiger partial charge in [-0.1, -0.05) is 14.4 Å². The molecular formula is C7H14Na2O2S4. The summed E-state index contributed by atoms with van der Waals surface area (Å²) in [5.74, 6) is 0. The first-order valence-electron chi connectivity index (χ1n) is 3.01. The zero-order chi connectivity index (χ0) is 10.4. The van der Waals surface area contributed by atoms with Gasteiger partial charge < -0.3 is 34.7 Å². The molecule has 0 aromatic heterocycles. The van der Waals surface area contributed by atoms with E-state index in [-0.39, 0.29) is 77.5 Å². The zero-order valence-corrected chi connectivity index (χ0v) is 16.1. The van der Waals surface area contributed by atoms with Gasteiger partial charge in [0.05, 0.1) is 6.61 Å². The molecule has 0 amide bonds. The zero-order valence-electron chi connectivity index (χ0n) is 8.86. The average molecular weight is 304 g/mol. The van der Waals surface area contributed by atoms with E-state index in [2.05, 4.69) is 54.0 Å². The maximum Gasteiger partial charge on any atom is 1.00 e. The number of hydrogen-bond donors (Lipinski definition) is 0. The second-order valence-electron chi connectivity index (χ2n) is 1.06. The molecule has 0 aromatic rings. The first-order chi connectivity index (χ1) is 5.60. The van der Waals surface area contributed by atoms with Crippen molar-refractivity contribution >= 4 is 58.0 Å². The molecule has 0 atom stereocenters. The fourth-order valence-electron chi connectivity index (χ4n) is 0.118. The van der Waals surface area contributed by atoms with E-state index in [4.69, 9.17) is 5.11 Å². The van der Waals surface area contributed by atoms with Crippen molar-refractivity contribution in [3.63, 3.8) is 0 Å². The van der Waals surface area contributed by atoms with Crippen molar-refractivity contribution in [2.45, 2.75) is 21.3 Å². The summed E-state index contributed by atoms with van der Waals surface area (Å²) in [6.45, 7) is 4.00. The third-order valence-electron chi connectivity index (χ3n) is 0.262. The molecule has 0 saturated carbocycles. The molecule has 0 aromatic carbocycles. The van der Waals surface area contributed by atoms with Gasteiger partial charge in [0.1, 0.15) is 0 Å². The van der Waals surface area contributed by atoms with Gasteiger partial charge in [-0.25, -0.2) is 0 Å². The summed E-state index contributed by atoms with van der Waals surface area (Å²) >= 11 is 16.7. The van der Waals surface area contributed by atoms with E-state index in [0.29, 0.717) is 6.61 Å². The average Bonchev–Trinajstić information content (AvgIpc) is 1.89. The van der Waals surface area contributed by atoms with E-state index in [0.717, 1.165) is 0 Å². The fraction of sp³-hybridized carbons (Fsp3) is 0.714. The van der Waals surface area contributed by atoms with E-state index >= 15 is 0 Å². The fourth-order valence-corrected chi connectivity index (χ4v) is 0.354. The Balaban J connectivity index is -0.0000000200. The Morgan fingerprint density at radius 1 is 1.33 bits per heavy atom. The van der Waals surface area contributed by atoms with Crippen molar-refractivity contribution in [2.24, 2.45) is 0 Å². The topological polar surface area (TPSA) is 32.3 Å². The van der Waals surface area contributed by atoms with Crippen LogP contribution in [-0.2, 0) is 17.4 Å². The summed E-state index contributed by atoms with van der Waals surface area (Å²) in [5.41, 5.74) is 0. The number of rotatable bonds is 1. The normalized spacial score (nSPS) is 4.73. The second-order valence-corrected chi connectivity index (χ2v) is 2.72. The van der Waals surface area contributed by atoms with Crippen molar-refractivity contribution in [1.82, 2.24) is 0 Å². The van der Waals surface area contributed by atoms with Crippen molar-refractivity contribution in [1.29, 1.82) is 0 Å². The Bertz CT molecular complexity index is 130. The van der Waals surface area contributed by atoms with Crippen molar-refractivity contribution in [2.75, 3.05) is 13.2 Å². The van der Waals surface area contributed by atoms with Gasteiger partial charge in [-0.05, 0) is 31.4 Å². The first kappa shape index (κ1) is 36.0. The third kappa shape index (κ3) is 119. The molecule has 0 aliphatic rings. The smallest absolute Gasteiger partial charge is 0.855 e. The van der Waals surface area contributed by atoms with E-state index in [9.17, 15) is 0 Å². The monoisotopic (exact) mass is 304 g/mol. The molecule has 0 aliphatic carbocycles. The van der Waals surface area contributed by atoms with Crippen LogP contribution in [0, 0.1) is 0 Å². The minimum Gasteiger partial charge on any atom is -0.855 e. The standard InChI is InChI=1S/C3H6OS2.C2H5O.CS2.CH4.2Na/c1-2-4-3(5)6;1-2-3;2-1-3;;;/h2H2,1H3,(H,5,6);2H2,1H3;;1H4;;/q;-1;;;2*+1/p-1.